The first-order chi connectivity index (χ1) is 9.41. The fourth-order valence-corrected chi connectivity index (χ4v) is 2.44. The van der Waals surface area contributed by atoms with Crippen molar-refractivity contribution in [2.45, 2.75) is 38.6 Å². The van der Waals surface area contributed by atoms with Crippen molar-refractivity contribution in [3.05, 3.63) is 58.5 Å². The molecule has 0 saturated carbocycles. The molecule has 0 bridgehead atoms. The molecule has 0 saturated heterocycles. The van der Waals surface area contributed by atoms with Gasteiger partial charge >= 0.3 is 0 Å². The van der Waals surface area contributed by atoms with E-state index in [1.54, 1.807) is 6.26 Å². The molecule has 3 nitrogen and oxygen atoms in total. The summed E-state index contributed by atoms with van der Waals surface area (Å²) >= 11 is 6.00. The molecule has 0 fully saturated rings. The number of rotatable bonds is 4. The largest absolute Gasteiger partial charge is 0.453 e. The number of hydrazine groups is 1. The fourth-order valence-electron chi connectivity index (χ4n) is 2.19. The molecule has 0 aliphatic carbocycles. The van der Waals surface area contributed by atoms with Crippen molar-refractivity contribution in [2.24, 2.45) is 5.84 Å². The van der Waals surface area contributed by atoms with Crippen LogP contribution in [0.5, 0.6) is 0 Å². The van der Waals surface area contributed by atoms with Crippen LogP contribution in [0.2, 0.25) is 5.22 Å². The van der Waals surface area contributed by atoms with Crippen LogP contribution < -0.4 is 11.3 Å². The molecular formula is C16H21ClN2O. The van der Waals surface area contributed by atoms with Crippen LogP contribution in [0, 0.1) is 0 Å². The third-order valence-electron chi connectivity index (χ3n) is 3.48. The predicted octanol–water partition coefficient (Wildman–Crippen LogP) is 3.98. The minimum absolute atomic E-state index is 0.0539. The first kappa shape index (κ1) is 15.1. The molecule has 0 amide bonds. The van der Waals surface area contributed by atoms with Gasteiger partial charge in [-0.25, -0.2) is 0 Å². The number of nitrogens with one attached hydrogen (secondary N) is 1. The molecule has 0 aliphatic heterocycles. The number of furan rings is 1. The van der Waals surface area contributed by atoms with Crippen LogP contribution in [0.15, 0.2) is 41.0 Å². The normalized spacial score (nSPS) is 13.4. The summed E-state index contributed by atoms with van der Waals surface area (Å²) in [6.45, 7) is 6.62. The molecule has 0 spiro atoms. The van der Waals surface area contributed by atoms with Gasteiger partial charge in [-0.05, 0) is 40.6 Å². The van der Waals surface area contributed by atoms with Crippen LogP contribution in [0.1, 0.15) is 43.5 Å². The summed E-state index contributed by atoms with van der Waals surface area (Å²) in [7, 11) is 0. The Kier molecular flexibility index (Phi) is 4.53. The average Bonchev–Trinajstić information content (AvgIpc) is 2.82. The lowest BCUT2D eigenvalue weighted by molar-refractivity contribution is 0.526. The van der Waals surface area contributed by atoms with Gasteiger partial charge in [0.2, 0.25) is 0 Å². The smallest absolute Gasteiger partial charge is 0.197 e. The molecule has 3 N–H and O–H groups in total. The van der Waals surface area contributed by atoms with Gasteiger partial charge in [0, 0.05) is 5.56 Å². The zero-order chi connectivity index (χ0) is 14.8. The van der Waals surface area contributed by atoms with Gasteiger partial charge in [-0.15, -0.1) is 0 Å². The summed E-state index contributed by atoms with van der Waals surface area (Å²) < 4.78 is 5.12. The predicted molar refractivity (Wildman–Crippen MR) is 82.6 cm³/mol. The Morgan fingerprint density at radius 3 is 2.30 bits per heavy atom. The number of halogens is 1. The number of benzene rings is 1. The molecule has 1 atom stereocenters. The Morgan fingerprint density at radius 2 is 1.85 bits per heavy atom. The van der Waals surface area contributed by atoms with Gasteiger partial charge in [0.05, 0.1) is 12.3 Å². The molecular weight excluding hydrogens is 272 g/mol. The minimum Gasteiger partial charge on any atom is -0.453 e. The maximum absolute atomic E-state index is 6.00. The van der Waals surface area contributed by atoms with Crippen LogP contribution in [0.3, 0.4) is 0 Å². The van der Waals surface area contributed by atoms with E-state index in [-0.39, 0.29) is 11.5 Å². The van der Waals surface area contributed by atoms with Crippen molar-refractivity contribution in [1.82, 2.24) is 5.43 Å². The SMILES string of the molecule is CC(C)(C)c1ccc(CC(NN)c2ccoc2Cl)cc1. The van der Waals surface area contributed by atoms with Crippen molar-refractivity contribution in [1.29, 1.82) is 0 Å². The van der Waals surface area contributed by atoms with Crippen molar-refractivity contribution in [3.63, 3.8) is 0 Å². The molecule has 1 heterocycles. The molecule has 1 aromatic heterocycles. The highest BCUT2D eigenvalue weighted by Gasteiger charge is 2.17. The average molecular weight is 293 g/mol. The highest BCUT2D eigenvalue weighted by Crippen LogP contribution is 2.27. The lowest BCUT2D eigenvalue weighted by atomic mass is 9.86. The quantitative estimate of drug-likeness (QED) is 0.662. The van der Waals surface area contributed by atoms with Crippen molar-refractivity contribution < 1.29 is 4.42 Å². The molecule has 20 heavy (non-hydrogen) atoms. The summed E-state index contributed by atoms with van der Waals surface area (Å²) in [6, 6.07) is 10.4. The third-order valence-corrected chi connectivity index (χ3v) is 3.79. The van der Waals surface area contributed by atoms with E-state index in [0.717, 1.165) is 12.0 Å². The standard InChI is InChI=1S/C16H21ClN2O/c1-16(2,3)12-6-4-11(5-7-12)10-14(19-18)13-8-9-20-15(13)17/h4-9,14,19H,10,18H2,1-3H3. The van der Waals surface area contributed by atoms with Gasteiger partial charge in [0.1, 0.15) is 0 Å². The molecule has 2 rings (SSSR count). The Morgan fingerprint density at radius 1 is 1.20 bits per heavy atom. The van der Waals surface area contributed by atoms with Gasteiger partial charge in [0.25, 0.3) is 0 Å². The van der Waals surface area contributed by atoms with E-state index in [2.05, 4.69) is 50.5 Å². The van der Waals surface area contributed by atoms with Crippen LogP contribution in [-0.4, -0.2) is 0 Å². The van der Waals surface area contributed by atoms with E-state index in [1.807, 2.05) is 6.07 Å². The van der Waals surface area contributed by atoms with Gasteiger partial charge in [-0.3, -0.25) is 11.3 Å². The molecule has 0 aliphatic rings. The van der Waals surface area contributed by atoms with E-state index < -0.39 is 0 Å². The minimum atomic E-state index is -0.0539. The summed E-state index contributed by atoms with van der Waals surface area (Å²) in [5.41, 5.74) is 6.37. The Bertz CT molecular complexity index is 555. The topological polar surface area (TPSA) is 51.2 Å². The summed E-state index contributed by atoms with van der Waals surface area (Å²) in [5, 5.41) is 0.388. The molecule has 0 radical (unpaired) electrons. The molecule has 108 valence electrons. The fraction of sp³-hybridized carbons (Fsp3) is 0.375. The Labute approximate surface area is 125 Å². The molecule has 1 aromatic carbocycles. The zero-order valence-corrected chi connectivity index (χ0v) is 12.9. The van der Waals surface area contributed by atoms with Crippen LogP contribution >= 0.6 is 11.6 Å². The van der Waals surface area contributed by atoms with E-state index in [4.69, 9.17) is 21.9 Å². The second kappa shape index (κ2) is 6.00. The number of nitrogens with two attached hydrogens (primary N) is 1. The second-order valence-electron chi connectivity index (χ2n) is 6.02. The van der Waals surface area contributed by atoms with E-state index in [1.165, 1.54) is 11.1 Å². The zero-order valence-electron chi connectivity index (χ0n) is 12.1. The second-order valence-corrected chi connectivity index (χ2v) is 6.36. The Balaban J connectivity index is 2.15. The van der Waals surface area contributed by atoms with E-state index in [0.29, 0.717) is 5.22 Å². The number of hydrogen-bond acceptors (Lipinski definition) is 3. The summed E-state index contributed by atoms with van der Waals surface area (Å²) in [6.07, 6.45) is 2.34. The lowest BCUT2D eigenvalue weighted by Crippen LogP contribution is -2.29. The molecule has 1 unspecified atom stereocenters. The first-order valence-electron chi connectivity index (χ1n) is 6.70. The summed E-state index contributed by atoms with van der Waals surface area (Å²) in [5.74, 6) is 5.63. The highest BCUT2D eigenvalue weighted by atomic mass is 35.5. The van der Waals surface area contributed by atoms with E-state index >= 15 is 0 Å². The van der Waals surface area contributed by atoms with Gasteiger partial charge in [0.15, 0.2) is 5.22 Å². The van der Waals surface area contributed by atoms with E-state index in [9.17, 15) is 0 Å². The van der Waals surface area contributed by atoms with Crippen molar-refractivity contribution in [2.75, 3.05) is 0 Å². The van der Waals surface area contributed by atoms with Gasteiger partial charge in [-0.1, -0.05) is 45.0 Å². The molecule has 2 aromatic rings. The first-order valence-corrected chi connectivity index (χ1v) is 7.08. The van der Waals surface area contributed by atoms with Crippen LogP contribution in [-0.2, 0) is 11.8 Å². The monoisotopic (exact) mass is 292 g/mol. The van der Waals surface area contributed by atoms with Crippen molar-refractivity contribution in [3.8, 4) is 0 Å². The summed E-state index contributed by atoms with van der Waals surface area (Å²) in [4.78, 5) is 0. The molecule has 4 heteroatoms. The maximum atomic E-state index is 6.00. The van der Waals surface area contributed by atoms with Gasteiger partial charge in [-0.2, -0.15) is 0 Å². The Hall–Kier alpha value is -1.29. The number of hydrogen-bond donors (Lipinski definition) is 2. The lowest BCUT2D eigenvalue weighted by Gasteiger charge is -2.20. The highest BCUT2D eigenvalue weighted by molar-refractivity contribution is 6.29. The van der Waals surface area contributed by atoms with Crippen LogP contribution in [0.4, 0.5) is 0 Å². The third kappa shape index (κ3) is 3.42. The van der Waals surface area contributed by atoms with Crippen LogP contribution in [0.25, 0.3) is 0 Å². The van der Waals surface area contributed by atoms with Gasteiger partial charge < -0.3 is 4.42 Å². The maximum Gasteiger partial charge on any atom is 0.197 e. The van der Waals surface area contributed by atoms with Crippen molar-refractivity contribution >= 4 is 11.6 Å².